The van der Waals surface area contributed by atoms with E-state index in [4.69, 9.17) is 4.74 Å². The number of nitrogens with zero attached hydrogens (tertiary/aromatic N) is 1. The average molecular weight is 375 g/mol. The van der Waals surface area contributed by atoms with Gasteiger partial charge >= 0.3 is 0 Å². The molecule has 1 aliphatic rings. The Balaban J connectivity index is 1.64. The monoisotopic (exact) mass is 375 g/mol. The Hall–Kier alpha value is -2.61. The van der Waals surface area contributed by atoms with E-state index in [1.165, 1.54) is 6.20 Å². The molecule has 1 fully saturated rings. The second-order valence-corrected chi connectivity index (χ2v) is 8.29. The highest BCUT2D eigenvalue weighted by Crippen LogP contribution is 2.26. The molecule has 0 saturated carbocycles. The van der Waals surface area contributed by atoms with Crippen molar-refractivity contribution in [3.05, 3.63) is 48.2 Å². The van der Waals surface area contributed by atoms with Crippen LogP contribution in [0, 0.1) is 0 Å². The summed E-state index contributed by atoms with van der Waals surface area (Å²) in [5.74, 6) is 1.11. The maximum absolute atomic E-state index is 12.2. The number of benzene rings is 1. The van der Waals surface area contributed by atoms with E-state index in [1.807, 2.05) is 31.2 Å². The van der Waals surface area contributed by atoms with Crippen LogP contribution < -0.4 is 15.4 Å². The fourth-order valence-corrected chi connectivity index (χ4v) is 4.44. The van der Waals surface area contributed by atoms with Crippen molar-refractivity contribution in [1.29, 1.82) is 0 Å². The quantitative estimate of drug-likeness (QED) is 0.803. The predicted molar refractivity (Wildman–Crippen MR) is 99.7 cm³/mol. The molecule has 0 aliphatic carbocycles. The third kappa shape index (κ3) is 4.51. The van der Waals surface area contributed by atoms with Crippen molar-refractivity contribution in [2.24, 2.45) is 0 Å². The zero-order valence-electron chi connectivity index (χ0n) is 14.4. The number of hydrogen-bond acceptors (Lipinski definition) is 6. The van der Waals surface area contributed by atoms with Gasteiger partial charge in [-0.15, -0.1) is 0 Å². The van der Waals surface area contributed by atoms with Crippen molar-refractivity contribution in [2.75, 3.05) is 23.4 Å². The van der Waals surface area contributed by atoms with Gasteiger partial charge in [-0.05, 0) is 37.6 Å². The summed E-state index contributed by atoms with van der Waals surface area (Å²) in [6.07, 6.45) is 1.92. The van der Waals surface area contributed by atoms with E-state index in [2.05, 4.69) is 15.6 Å². The van der Waals surface area contributed by atoms with Gasteiger partial charge in [-0.1, -0.05) is 12.1 Å². The number of anilines is 2. The highest BCUT2D eigenvalue weighted by molar-refractivity contribution is 7.91. The molecule has 1 atom stereocenters. The first-order chi connectivity index (χ1) is 12.5. The molecule has 0 spiro atoms. The maximum atomic E-state index is 12.2. The summed E-state index contributed by atoms with van der Waals surface area (Å²) >= 11 is 0. The van der Waals surface area contributed by atoms with Crippen LogP contribution in [0.1, 0.15) is 23.7 Å². The van der Waals surface area contributed by atoms with Crippen molar-refractivity contribution in [3.8, 4) is 5.75 Å². The normalized spacial score (nSPS) is 18.3. The van der Waals surface area contributed by atoms with E-state index in [0.717, 1.165) is 11.4 Å². The van der Waals surface area contributed by atoms with E-state index >= 15 is 0 Å². The molecule has 3 rings (SSSR count). The van der Waals surface area contributed by atoms with Gasteiger partial charge in [0.2, 0.25) is 0 Å². The summed E-state index contributed by atoms with van der Waals surface area (Å²) in [5, 5.41) is 5.91. The summed E-state index contributed by atoms with van der Waals surface area (Å²) in [5.41, 5.74) is 1.17. The van der Waals surface area contributed by atoms with Crippen LogP contribution in [0.25, 0.3) is 0 Å². The highest BCUT2D eigenvalue weighted by Gasteiger charge is 2.29. The number of rotatable bonds is 6. The van der Waals surface area contributed by atoms with Gasteiger partial charge in [-0.3, -0.25) is 4.79 Å². The molecular weight excluding hydrogens is 354 g/mol. The highest BCUT2D eigenvalue weighted by atomic mass is 32.2. The molecule has 1 aromatic heterocycles. The molecule has 26 heavy (non-hydrogen) atoms. The van der Waals surface area contributed by atoms with E-state index in [9.17, 15) is 13.2 Å². The fraction of sp³-hybridized carbons (Fsp3) is 0.333. The second-order valence-electron chi connectivity index (χ2n) is 6.06. The van der Waals surface area contributed by atoms with Gasteiger partial charge in [-0.2, -0.15) is 0 Å². The van der Waals surface area contributed by atoms with E-state index < -0.39 is 9.84 Å². The Labute approximate surface area is 152 Å². The number of nitrogens with one attached hydrogen (secondary N) is 2. The Kier molecular flexibility index (Phi) is 5.41. The molecule has 1 aromatic carbocycles. The van der Waals surface area contributed by atoms with Crippen LogP contribution >= 0.6 is 0 Å². The summed E-state index contributed by atoms with van der Waals surface area (Å²) in [6, 6.07) is 10.5. The van der Waals surface area contributed by atoms with Crippen molar-refractivity contribution < 1.29 is 17.9 Å². The lowest BCUT2D eigenvalue weighted by Gasteiger charge is -2.13. The zero-order valence-corrected chi connectivity index (χ0v) is 15.3. The molecule has 1 unspecified atom stereocenters. The first-order valence-corrected chi connectivity index (χ1v) is 10.2. The predicted octanol–water partition coefficient (Wildman–Crippen LogP) is 2.14. The maximum Gasteiger partial charge on any atom is 0.253 e. The topological polar surface area (TPSA) is 97.4 Å². The molecule has 138 valence electrons. The van der Waals surface area contributed by atoms with Crippen LogP contribution in [-0.2, 0) is 9.84 Å². The largest absolute Gasteiger partial charge is 0.492 e. The van der Waals surface area contributed by atoms with Crippen LogP contribution in [0.5, 0.6) is 5.75 Å². The number of carbonyl (C=O) groups is 1. The molecule has 7 nitrogen and oxygen atoms in total. The lowest BCUT2D eigenvalue weighted by molar-refractivity contribution is 0.0941. The number of amides is 1. The smallest absolute Gasteiger partial charge is 0.253 e. The third-order valence-electron chi connectivity index (χ3n) is 4.04. The molecule has 2 heterocycles. The van der Waals surface area contributed by atoms with Crippen molar-refractivity contribution >= 4 is 27.2 Å². The molecule has 0 bridgehead atoms. The minimum atomic E-state index is -3.03. The summed E-state index contributed by atoms with van der Waals surface area (Å²) in [4.78, 5) is 16.5. The van der Waals surface area contributed by atoms with Gasteiger partial charge in [0.05, 0.1) is 29.4 Å². The molecule has 1 amide bonds. The van der Waals surface area contributed by atoms with Crippen LogP contribution in [0.2, 0.25) is 0 Å². The van der Waals surface area contributed by atoms with Gasteiger partial charge in [0.1, 0.15) is 11.6 Å². The SMILES string of the molecule is CCOc1ccccc1Nc1ccc(C(=O)NC2CCS(=O)(=O)C2)cn1. The molecule has 1 saturated heterocycles. The van der Waals surface area contributed by atoms with Gasteiger partial charge in [0.15, 0.2) is 9.84 Å². The van der Waals surface area contributed by atoms with Crippen LogP contribution in [0.3, 0.4) is 0 Å². The first kappa shape index (κ1) is 18.2. The van der Waals surface area contributed by atoms with Crippen LogP contribution in [0.15, 0.2) is 42.6 Å². The molecular formula is C18H21N3O4S. The minimum absolute atomic E-state index is 0.0000201. The number of ether oxygens (including phenoxy) is 1. The van der Waals surface area contributed by atoms with E-state index in [-0.39, 0.29) is 23.5 Å². The third-order valence-corrected chi connectivity index (χ3v) is 5.81. The number of pyridine rings is 1. The lowest BCUT2D eigenvalue weighted by atomic mass is 10.2. The van der Waals surface area contributed by atoms with Gasteiger partial charge in [-0.25, -0.2) is 13.4 Å². The van der Waals surface area contributed by atoms with E-state index in [0.29, 0.717) is 24.4 Å². The Morgan fingerprint density at radius 3 is 2.73 bits per heavy atom. The van der Waals surface area contributed by atoms with Gasteiger partial charge in [0, 0.05) is 12.2 Å². The number of hydrogen-bond donors (Lipinski definition) is 2. The average Bonchev–Trinajstić information content (AvgIpc) is 2.96. The molecule has 1 aliphatic heterocycles. The fourth-order valence-electron chi connectivity index (χ4n) is 2.77. The van der Waals surface area contributed by atoms with Crippen LogP contribution in [0.4, 0.5) is 11.5 Å². The number of aromatic nitrogens is 1. The number of sulfone groups is 1. The zero-order chi connectivity index (χ0) is 18.6. The first-order valence-electron chi connectivity index (χ1n) is 8.43. The minimum Gasteiger partial charge on any atom is -0.492 e. The standard InChI is InChI=1S/C18H21N3O4S/c1-2-25-16-6-4-3-5-15(16)21-17-8-7-13(11-19-17)18(22)20-14-9-10-26(23,24)12-14/h3-8,11,14H,2,9-10,12H2,1H3,(H,19,21)(H,20,22). The van der Waals surface area contributed by atoms with Gasteiger partial charge in [0.25, 0.3) is 5.91 Å². The van der Waals surface area contributed by atoms with Crippen molar-refractivity contribution in [3.63, 3.8) is 0 Å². The second kappa shape index (κ2) is 7.74. The van der Waals surface area contributed by atoms with Crippen molar-refractivity contribution in [1.82, 2.24) is 10.3 Å². The summed E-state index contributed by atoms with van der Waals surface area (Å²) < 4.78 is 28.5. The van der Waals surface area contributed by atoms with E-state index in [1.54, 1.807) is 12.1 Å². The summed E-state index contributed by atoms with van der Waals surface area (Å²) in [7, 11) is -3.03. The number of carbonyl (C=O) groups excluding carboxylic acids is 1. The molecule has 0 radical (unpaired) electrons. The molecule has 2 N–H and O–H groups in total. The summed E-state index contributed by atoms with van der Waals surface area (Å²) in [6.45, 7) is 2.47. The number of para-hydroxylation sites is 2. The molecule has 2 aromatic rings. The van der Waals surface area contributed by atoms with Gasteiger partial charge < -0.3 is 15.4 Å². The van der Waals surface area contributed by atoms with Crippen LogP contribution in [-0.4, -0.2) is 43.5 Å². The Morgan fingerprint density at radius 1 is 1.27 bits per heavy atom. The molecule has 8 heteroatoms. The van der Waals surface area contributed by atoms with Crippen molar-refractivity contribution in [2.45, 2.75) is 19.4 Å². The lowest BCUT2D eigenvalue weighted by Crippen LogP contribution is -2.35. The Morgan fingerprint density at radius 2 is 2.08 bits per heavy atom. The Bertz CT molecular complexity index is 882.